The summed E-state index contributed by atoms with van der Waals surface area (Å²) in [4.78, 5) is 71.5. The lowest BCUT2D eigenvalue weighted by molar-refractivity contribution is -0.136. The summed E-state index contributed by atoms with van der Waals surface area (Å²) in [5, 5.41) is 11.8. The van der Waals surface area contributed by atoms with Gasteiger partial charge in [0.05, 0.1) is 29.9 Å². The smallest absolute Gasteiger partial charge is 0.264 e. The molecule has 10 rings (SSSR count). The van der Waals surface area contributed by atoms with Gasteiger partial charge in [-0.05, 0) is 97.9 Å². The maximum Gasteiger partial charge on any atom is 0.264 e. The Hall–Kier alpha value is -5.77. The molecule has 2 aromatic heterocycles. The van der Waals surface area contributed by atoms with Crippen LogP contribution in [-0.4, -0.2) is 95.5 Å². The number of hydrogen-bond donors (Lipinski definition) is 1. The Bertz CT molecular complexity index is 2490. The number of carbonyl (C=O) groups is 5. The van der Waals surface area contributed by atoms with E-state index in [0.717, 1.165) is 95.8 Å². The van der Waals surface area contributed by atoms with Crippen molar-refractivity contribution >= 4 is 41.0 Å². The van der Waals surface area contributed by atoms with Crippen molar-refractivity contribution in [3.8, 4) is 11.1 Å². The number of imide groups is 2. The fraction of sp³-hybridized carbons (Fsp3) is 0.477. The summed E-state index contributed by atoms with van der Waals surface area (Å²) in [5.41, 5.74) is 7.63. The molecule has 7 heterocycles. The van der Waals surface area contributed by atoms with Gasteiger partial charge in [-0.1, -0.05) is 0 Å². The molecule has 6 aliphatic rings. The van der Waals surface area contributed by atoms with Crippen molar-refractivity contribution in [2.24, 2.45) is 7.05 Å². The first-order valence-corrected chi connectivity index (χ1v) is 21.1. The van der Waals surface area contributed by atoms with Crippen molar-refractivity contribution in [2.45, 2.75) is 109 Å². The second-order valence-electron chi connectivity index (χ2n) is 17.2. The molecule has 1 atom stereocenters. The van der Waals surface area contributed by atoms with Crippen molar-refractivity contribution in [2.75, 3.05) is 24.5 Å². The highest BCUT2D eigenvalue weighted by molar-refractivity contribution is 6.23. The first kappa shape index (κ1) is 38.4. The van der Waals surface area contributed by atoms with Crippen molar-refractivity contribution in [1.82, 2.24) is 39.6 Å². The molecule has 0 bridgehead atoms. The highest BCUT2D eigenvalue weighted by atomic mass is 19.3. The van der Waals surface area contributed by atoms with E-state index in [1.807, 2.05) is 23.1 Å². The third-order valence-corrected chi connectivity index (χ3v) is 13.7. The largest absolute Gasteiger partial charge is 0.338 e. The van der Waals surface area contributed by atoms with E-state index in [1.54, 1.807) is 37.1 Å². The van der Waals surface area contributed by atoms with Gasteiger partial charge < -0.3 is 9.80 Å². The predicted octanol–water partition coefficient (Wildman–Crippen LogP) is 5.15. The summed E-state index contributed by atoms with van der Waals surface area (Å²) in [5.74, 6) is -1.25. The van der Waals surface area contributed by atoms with E-state index in [-0.39, 0.29) is 30.4 Å². The zero-order chi connectivity index (χ0) is 41.6. The van der Waals surface area contributed by atoms with Gasteiger partial charge in [-0.15, -0.1) is 0 Å². The molecule has 1 N–H and O–H groups in total. The number of carbonyl (C=O) groups excluding carboxylic acids is 5. The average molecular weight is 820 g/mol. The molecular weight excluding hydrogens is 773 g/mol. The third-order valence-electron chi connectivity index (χ3n) is 13.7. The standard InChI is InChI=1S/C44H47F2N9O5/c1-24(56)51-15-12-36-35(23-51)41(53-13-3-4-26-17-31(28-20-47-50(2)21-28)32(40(45)46)19-38(26)53)49-55(36)30-7-5-29(6-8-30)52-14-11-25-16-33-34(18-27(25)22-52)44(60)54(43(33)59)37-9-10-39(57)48-42(37)58/h16-21,29-30,37,40H,3-15,22-23H2,1-2H3,(H,48,57,58). The Morgan fingerprint density at radius 3 is 2.25 bits per heavy atom. The monoisotopic (exact) mass is 819 g/mol. The lowest BCUT2D eigenvalue weighted by Gasteiger charge is -2.40. The highest BCUT2D eigenvalue weighted by Gasteiger charge is 2.45. The number of anilines is 2. The van der Waals surface area contributed by atoms with Crippen LogP contribution in [0, 0.1) is 0 Å². The molecule has 16 heteroatoms. The van der Waals surface area contributed by atoms with Crippen LogP contribution in [0.3, 0.4) is 0 Å². The van der Waals surface area contributed by atoms with E-state index in [4.69, 9.17) is 5.10 Å². The number of alkyl halides is 2. The maximum absolute atomic E-state index is 14.7. The first-order chi connectivity index (χ1) is 28.9. The number of fused-ring (bicyclic) bond motifs is 4. The number of piperidine rings is 1. The van der Waals surface area contributed by atoms with Gasteiger partial charge in [0.1, 0.15) is 6.04 Å². The van der Waals surface area contributed by atoms with E-state index in [0.29, 0.717) is 60.9 Å². The zero-order valence-electron chi connectivity index (χ0n) is 33.8. The molecule has 1 unspecified atom stereocenters. The number of amides is 5. The van der Waals surface area contributed by atoms with Crippen molar-refractivity contribution in [3.05, 3.63) is 81.3 Å². The Morgan fingerprint density at radius 2 is 1.55 bits per heavy atom. The van der Waals surface area contributed by atoms with Crippen LogP contribution in [0.5, 0.6) is 0 Å². The number of aryl methyl sites for hydroxylation is 2. The minimum atomic E-state index is -2.68. The quantitative estimate of drug-likeness (QED) is 0.261. The lowest BCUT2D eigenvalue weighted by Crippen LogP contribution is -2.54. The second kappa shape index (κ2) is 14.7. The first-order valence-electron chi connectivity index (χ1n) is 21.1. The van der Waals surface area contributed by atoms with Gasteiger partial charge in [0.2, 0.25) is 17.7 Å². The van der Waals surface area contributed by atoms with Crippen molar-refractivity contribution in [3.63, 3.8) is 0 Å². The zero-order valence-corrected chi connectivity index (χ0v) is 33.8. The van der Waals surface area contributed by atoms with E-state index in [9.17, 15) is 32.8 Å². The number of halogens is 2. The lowest BCUT2D eigenvalue weighted by atomic mass is 9.87. The van der Waals surface area contributed by atoms with Crippen molar-refractivity contribution in [1.29, 1.82) is 0 Å². The molecule has 1 aliphatic carbocycles. The SMILES string of the molecule is CC(=O)N1CCc2c(c(N3CCCc4cc(-c5cnn(C)c5)c(C(F)F)cc43)nn2C2CCC(N3CCc4cc5c(cc4C3)C(=O)N(C3CCC(=O)NC3=O)C5=O)CC2)C1. The molecule has 2 aromatic carbocycles. The molecule has 14 nitrogen and oxygen atoms in total. The molecule has 60 heavy (non-hydrogen) atoms. The molecule has 5 amide bonds. The van der Waals surface area contributed by atoms with Crippen LogP contribution in [-0.2, 0) is 53.8 Å². The number of aromatic nitrogens is 4. The molecule has 2 fully saturated rings. The van der Waals surface area contributed by atoms with E-state index >= 15 is 0 Å². The molecule has 1 saturated heterocycles. The third kappa shape index (κ3) is 6.41. The van der Waals surface area contributed by atoms with E-state index in [1.165, 1.54) is 0 Å². The summed E-state index contributed by atoms with van der Waals surface area (Å²) < 4.78 is 33.3. The van der Waals surface area contributed by atoms with Gasteiger partial charge >= 0.3 is 0 Å². The van der Waals surface area contributed by atoms with Gasteiger partial charge in [0.15, 0.2) is 5.82 Å². The maximum atomic E-state index is 14.7. The molecule has 4 aromatic rings. The Kier molecular flexibility index (Phi) is 9.45. The van der Waals surface area contributed by atoms with Gasteiger partial charge in [-0.3, -0.25) is 48.5 Å². The summed E-state index contributed by atoms with van der Waals surface area (Å²) in [6, 6.07) is 6.65. The Balaban J connectivity index is 0.887. The molecule has 0 radical (unpaired) electrons. The fourth-order valence-corrected chi connectivity index (χ4v) is 10.6. The van der Waals surface area contributed by atoms with Gasteiger partial charge in [0, 0.05) is 93.3 Å². The fourth-order valence-electron chi connectivity index (χ4n) is 10.6. The van der Waals surface area contributed by atoms with Crippen LogP contribution in [0.4, 0.5) is 20.3 Å². The highest BCUT2D eigenvalue weighted by Crippen LogP contribution is 2.45. The van der Waals surface area contributed by atoms with E-state index in [2.05, 4.69) is 24.9 Å². The molecule has 312 valence electrons. The molecule has 5 aliphatic heterocycles. The minimum absolute atomic E-state index is 0.00401. The topological polar surface area (TPSA) is 146 Å². The summed E-state index contributed by atoms with van der Waals surface area (Å²) in [6.07, 6.45) is 7.58. The summed E-state index contributed by atoms with van der Waals surface area (Å²) in [6.45, 7) is 4.71. The second-order valence-corrected chi connectivity index (χ2v) is 17.2. The van der Waals surface area contributed by atoms with Gasteiger partial charge in [0.25, 0.3) is 18.2 Å². The van der Waals surface area contributed by atoms with Crippen LogP contribution < -0.4 is 10.2 Å². The average Bonchev–Trinajstić information content (AvgIpc) is 3.92. The van der Waals surface area contributed by atoms with Crippen LogP contribution in [0.1, 0.15) is 119 Å². The molecule has 1 saturated carbocycles. The van der Waals surface area contributed by atoms with Crippen molar-refractivity contribution < 1.29 is 32.8 Å². The summed E-state index contributed by atoms with van der Waals surface area (Å²) >= 11 is 0. The van der Waals surface area contributed by atoms with Gasteiger partial charge in [-0.25, -0.2) is 8.78 Å². The molecular formula is C44H47F2N9O5. The normalized spacial score (nSPS) is 23.1. The van der Waals surface area contributed by atoms with Crippen LogP contribution >= 0.6 is 0 Å². The number of rotatable bonds is 6. The van der Waals surface area contributed by atoms with Crippen LogP contribution in [0.2, 0.25) is 0 Å². The Labute approximate surface area is 345 Å². The number of nitrogens with one attached hydrogen (secondary N) is 1. The number of nitrogens with zero attached hydrogens (tertiary/aromatic N) is 8. The van der Waals surface area contributed by atoms with Gasteiger partial charge in [-0.2, -0.15) is 10.2 Å². The number of benzene rings is 2. The van der Waals surface area contributed by atoms with Crippen LogP contribution in [0.15, 0.2) is 36.7 Å². The minimum Gasteiger partial charge on any atom is -0.338 e. The summed E-state index contributed by atoms with van der Waals surface area (Å²) in [7, 11) is 1.77. The van der Waals surface area contributed by atoms with E-state index < -0.39 is 36.1 Å². The predicted molar refractivity (Wildman–Crippen MR) is 214 cm³/mol. The van der Waals surface area contributed by atoms with Crippen LogP contribution in [0.25, 0.3) is 11.1 Å². The number of hydrogen-bond acceptors (Lipinski definition) is 9. The Morgan fingerprint density at radius 1 is 0.817 bits per heavy atom. The molecule has 0 spiro atoms.